The van der Waals surface area contributed by atoms with Crippen LogP contribution in [0.15, 0.2) is 41.4 Å². The molecule has 4 rings (SSSR count). The molecule has 2 aromatic carbocycles. The predicted molar refractivity (Wildman–Crippen MR) is 101 cm³/mol. The van der Waals surface area contributed by atoms with E-state index in [1.54, 1.807) is 25.3 Å². The van der Waals surface area contributed by atoms with Gasteiger partial charge in [0.25, 0.3) is 0 Å². The van der Waals surface area contributed by atoms with Crippen LogP contribution in [-0.2, 0) is 0 Å². The highest BCUT2D eigenvalue weighted by molar-refractivity contribution is 7.23. The molecule has 0 bridgehead atoms. The third-order valence-electron chi connectivity index (χ3n) is 3.56. The second-order valence-corrected chi connectivity index (χ2v) is 6.97. The van der Waals surface area contributed by atoms with Crippen LogP contribution in [0.25, 0.3) is 15.2 Å². The molecule has 126 valence electrons. The number of fused-ring (bicyclic) bond motifs is 3. The van der Waals surface area contributed by atoms with Gasteiger partial charge in [0.05, 0.1) is 33.1 Å². The zero-order valence-electron chi connectivity index (χ0n) is 12.9. The summed E-state index contributed by atoms with van der Waals surface area (Å²) in [4.78, 5) is 13.8. The Bertz CT molecular complexity index is 1180. The molecule has 25 heavy (non-hydrogen) atoms. The Morgan fingerprint density at radius 3 is 2.72 bits per heavy atom. The molecule has 0 fully saturated rings. The standard InChI is InChI=1S/C16H11Cl2N5OS/c1-24-9-3-5-12-13(7-9)25-16-22-14(19)21-15(23(12)16)20-8-2-4-10(17)11(18)6-8/h2-7H,1H3,(H2,19,20,21). The number of ether oxygens (including phenoxy) is 1. The summed E-state index contributed by atoms with van der Waals surface area (Å²) in [5.41, 5.74) is 7.80. The summed E-state index contributed by atoms with van der Waals surface area (Å²) in [6, 6.07) is 10.9. The van der Waals surface area contributed by atoms with Crippen molar-refractivity contribution in [3.63, 3.8) is 0 Å². The minimum absolute atomic E-state index is 0.150. The Morgan fingerprint density at radius 1 is 1.12 bits per heavy atom. The highest BCUT2D eigenvalue weighted by atomic mass is 35.5. The number of rotatable bonds is 2. The molecule has 0 unspecified atom stereocenters. The second-order valence-electron chi connectivity index (χ2n) is 5.15. The van der Waals surface area contributed by atoms with Crippen molar-refractivity contribution >= 4 is 61.4 Å². The van der Waals surface area contributed by atoms with E-state index in [4.69, 9.17) is 33.7 Å². The SMILES string of the molecule is COc1ccc2c(c1)sc1nc(N)n/c(=N\c3ccc(Cl)c(Cl)c3)n12. The zero-order chi connectivity index (χ0) is 17.6. The van der Waals surface area contributed by atoms with Gasteiger partial charge in [-0.3, -0.25) is 4.40 Å². The van der Waals surface area contributed by atoms with Crippen molar-refractivity contribution < 1.29 is 4.74 Å². The minimum Gasteiger partial charge on any atom is -0.497 e. The molecule has 0 aliphatic heterocycles. The lowest BCUT2D eigenvalue weighted by Crippen LogP contribution is -2.20. The Kier molecular flexibility index (Phi) is 3.99. The van der Waals surface area contributed by atoms with Gasteiger partial charge >= 0.3 is 0 Å². The molecule has 0 saturated heterocycles. The topological polar surface area (TPSA) is 77.8 Å². The number of thiazole rings is 1. The van der Waals surface area contributed by atoms with E-state index < -0.39 is 0 Å². The molecule has 2 heterocycles. The minimum atomic E-state index is 0.150. The number of nitrogen functional groups attached to an aromatic ring is 1. The fraction of sp³-hybridized carbons (Fsp3) is 0.0625. The summed E-state index contributed by atoms with van der Waals surface area (Å²) in [6.07, 6.45) is 0. The Balaban J connectivity index is 2.05. The maximum Gasteiger partial charge on any atom is 0.240 e. The summed E-state index contributed by atoms with van der Waals surface area (Å²) in [5, 5.41) is 0.889. The molecule has 0 aliphatic rings. The largest absolute Gasteiger partial charge is 0.497 e. The van der Waals surface area contributed by atoms with Crippen LogP contribution >= 0.6 is 34.5 Å². The van der Waals surface area contributed by atoms with Crippen LogP contribution in [0, 0.1) is 0 Å². The molecular formula is C16H11Cl2N5OS. The van der Waals surface area contributed by atoms with E-state index in [2.05, 4.69) is 15.0 Å². The van der Waals surface area contributed by atoms with Gasteiger partial charge in [-0.2, -0.15) is 9.97 Å². The highest BCUT2D eigenvalue weighted by Gasteiger charge is 2.10. The highest BCUT2D eigenvalue weighted by Crippen LogP contribution is 2.29. The maximum absolute atomic E-state index is 6.07. The van der Waals surface area contributed by atoms with E-state index in [0.29, 0.717) is 26.3 Å². The van der Waals surface area contributed by atoms with Crippen LogP contribution in [0.1, 0.15) is 0 Å². The van der Waals surface area contributed by atoms with Gasteiger partial charge in [0.15, 0.2) is 0 Å². The summed E-state index contributed by atoms with van der Waals surface area (Å²) < 4.78 is 8.11. The van der Waals surface area contributed by atoms with Gasteiger partial charge in [-0.1, -0.05) is 34.5 Å². The molecule has 2 N–H and O–H groups in total. The molecule has 6 nitrogen and oxygen atoms in total. The lowest BCUT2D eigenvalue weighted by atomic mass is 10.3. The quantitative estimate of drug-likeness (QED) is 0.558. The Labute approximate surface area is 156 Å². The van der Waals surface area contributed by atoms with Crippen LogP contribution in [0.5, 0.6) is 5.75 Å². The van der Waals surface area contributed by atoms with Gasteiger partial charge in [-0.25, -0.2) is 4.99 Å². The van der Waals surface area contributed by atoms with Crippen LogP contribution in [0.2, 0.25) is 10.0 Å². The van der Waals surface area contributed by atoms with E-state index in [1.807, 2.05) is 22.6 Å². The molecule has 0 saturated carbocycles. The third-order valence-corrected chi connectivity index (χ3v) is 5.30. The van der Waals surface area contributed by atoms with E-state index in [-0.39, 0.29) is 5.95 Å². The zero-order valence-corrected chi connectivity index (χ0v) is 15.2. The first-order chi connectivity index (χ1) is 12.0. The number of hydrogen-bond acceptors (Lipinski definition) is 6. The molecule has 4 aromatic rings. The lowest BCUT2D eigenvalue weighted by molar-refractivity contribution is 0.415. The van der Waals surface area contributed by atoms with Crippen molar-refractivity contribution in [1.82, 2.24) is 14.4 Å². The lowest BCUT2D eigenvalue weighted by Gasteiger charge is -2.01. The Morgan fingerprint density at radius 2 is 1.96 bits per heavy atom. The number of nitrogens with zero attached hydrogens (tertiary/aromatic N) is 4. The smallest absolute Gasteiger partial charge is 0.240 e. The van der Waals surface area contributed by atoms with Crippen molar-refractivity contribution in [1.29, 1.82) is 0 Å². The van der Waals surface area contributed by atoms with Gasteiger partial charge < -0.3 is 10.5 Å². The normalized spacial score (nSPS) is 12.2. The molecule has 0 radical (unpaired) electrons. The number of aromatic nitrogens is 3. The van der Waals surface area contributed by atoms with Gasteiger partial charge in [-0.05, 0) is 36.4 Å². The summed E-state index contributed by atoms with van der Waals surface area (Å²) >= 11 is 13.5. The van der Waals surface area contributed by atoms with Crippen LogP contribution in [0.3, 0.4) is 0 Å². The van der Waals surface area contributed by atoms with Gasteiger partial charge in [0, 0.05) is 0 Å². The number of methoxy groups -OCH3 is 1. The number of hydrogen-bond donors (Lipinski definition) is 1. The fourth-order valence-corrected chi connectivity index (χ4v) is 3.76. The van der Waals surface area contributed by atoms with Crippen molar-refractivity contribution in [3.8, 4) is 5.75 Å². The number of nitrogens with two attached hydrogens (primary N) is 1. The summed E-state index contributed by atoms with van der Waals surface area (Å²) in [7, 11) is 1.63. The van der Waals surface area contributed by atoms with Crippen molar-refractivity contribution in [2.24, 2.45) is 4.99 Å². The van der Waals surface area contributed by atoms with Crippen LogP contribution in [-0.4, -0.2) is 21.5 Å². The monoisotopic (exact) mass is 391 g/mol. The molecule has 9 heteroatoms. The number of benzene rings is 2. The van der Waals surface area contributed by atoms with Crippen molar-refractivity contribution in [2.75, 3.05) is 12.8 Å². The van der Waals surface area contributed by atoms with E-state index in [1.165, 1.54) is 11.3 Å². The maximum atomic E-state index is 6.07. The molecule has 0 atom stereocenters. The first kappa shape index (κ1) is 16.1. The fourth-order valence-electron chi connectivity index (χ4n) is 2.42. The molecular weight excluding hydrogens is 381 g/mol. The van der Waals surface area contributed by atoms with Gasteiger partial charge in [-0.15, -0.1) is 0 Å². The van der Waals surface area contributed by atoms with E-state index >= 15 is 0 Å². The van der Waals surface area contributed by atoms with Gasteiger partial charge in [0.2, 0.25) is 16.5 Å². The molecule has 0 aliphatic carbocycles. The molecule has 0 amide bonds. The second kappa shape index (κ2) is 6.18. The number of anilines is 1. The number of halogens is 2. The summed E-state index contributed by atoms with van der Waals surface area (Å²) in [6.45, 7) is 0. The third kappa shape index (κ3) is 2.90. The van der Waals surface area contributed by atoms with E-state index in [9.17, 15) is 0 Å². The predicted octanol–water partition coefficient (Wildman–Crippen LogP) is 4.07. The average molecular weight is 392 g/mol. The average Bonchev–Trinajstić information content (AvgIpc) is 2.95. The molecule has 2 aromatic heterocycles. The first-order valence-electron chi connectivity index (χ1n) is 7.18. The first-order valence-corrected chi connectivity index (χ1v) is 8.75. The van der Waals surface area contributed by atoms with Crippen LogP contribution < -0.4 is 16.1 Å². The Hall–Kier alpha value is -2.35. The van der Waals surface area contributed by atoms with Crippen molar-refractivity contribution in [2.45, 2.75) is 0 Å². The van der Waals surface area contributed by atoms with E-state index in [0.717, 1.165) is 16.0 Å². The van der Waals surface area contributed by atoms with Crippen LogP contribution in [0.4, 0.5) is 11.6 Å². The van der Waals surface area contributed by atoms with Crippen molar-refractivity contribution in [3.05, 3.63) is 52.1 Å². The summed E-state index contributed by atoms with van der Waals surface area (Å²) in [5.74, 6) is 0.917. The molecule has 0 spiro atoms. The van der Waals surface area contributed by atoms with Gasteiger partial charge in [0.1, 0.15) is 5.75 Å².